The summed E-state index contributed by atoms with van der Waals surface area (Å²) in [5.74, 6) is 2.83. The van der Waals surface area contributed by atoms with Crippen molar-refractivity contribution in [3.05, 3.63) is 23.8 Å². The minimum absolute atomic E-state index is 0.281. The van der Waals surface area contributed by atoms with Crippen LogP contribution in [0.15, 0.2) is 23.8 Å². The maximum atomic E-state index is 11.6. The van der Waals surface area contributed by atoms with Crippen LogP contribution >= 0.6 is 0 Å². The van der Waals surface area contributed by atoms with Gasteiger partial charge in [0.15, 0.2) is 0 Å². The molecule has 9 atom stereocenters. The van der Waals surface area contributed by atoms with Crippen LogP contribution in [0.3, 0.4) is 0 Å². The quantitative estimate of drug-likeness (QED) is 0.549. The molecule has 4 aliphatic carbocycles. The predicted molar refractivity (Wildman–Crippen MR) is 122 cm³/mol. The Labute approximate surface area is 183 Å². The third-order valence-corrected chi connectivity index (χ3v) is 10.0. The Kier molecular flexibility index (Phi) is 5.82. The lowest BCUT2D eigenvalue weighted by Crippen LogP contribution is -2.65. The molecule has 3 heteroatoms. The van der Waals surface area contributed by atoms with Crippen molar-refractivity contribution >= 4 is 0 Å². The number of aliphatic hydroxyl groups is 3. The molecule has 3 fully saturated rings. The Hall–Kier alpha value is -0.640. The highest BCUT2D eigenvalue weighted by Gasteiger charge is 2.64. The number of hydrogen-bond acceptors (Lipinski definition) is 3. The first-order chi connectivity index (χ1) is 14.0. The fourth-order valence-corrected chi connectivity index (χ4v) is 8.15. The Morgan fingerprint density at radius 2 is 1.77 bits per heavy atom. The van der Waals surface area contributed by atoms with Gasteiger partial charge in [-0.3, -0.25) is 0 Å². The Balaban J connectivity index is 1.62. The summed E-state index contributed by atoms with van der Waals surface area (Å²) < 4.78 is 0. The molecule has 170 valence electrons. The lowest BCUT2D eigenvalue weighted by Gasteiger charge is -2.62. The van der Waals surface area contributed by atoms with Crippen LogP contribution in [0.2, 0.25) is 0 Å². The molecular weight excluding hydrogens is 372 g/mol. The van der Waals surface area contributed by atoms with Crippen molar-refractivity contribution in [2.75, 3.05) is 0 Å². The van der Waals surface area contributed by atoms with Gasteiger partial charge in [0, 0.05) is 11.8 Å². The number of fused-ring (bicyclic) bond motifs is 5. The van der Waals surface area contributed by atoms with E-state index in [-0.39, 0.29) is 10.8 Å². The van der Waals surface area contributed by atoms with E-state index in [0.29, 0.717) is 36.0 Å². The van der Waals surface area contributed by atoms with Gasteiger partial charge in [-0.05, 0) is 80.0 Å². The Bertz CT molecular complexity index is 711. The molecule has 2 unspecified atom stereocenters. The second-order valence-electron chi connectivity index (χ2n) is 12.1. The van der Waals surface area contributed by atoms with Gasteiger partial charge in [0.1, 0.15) is 11.7 Å². The molecule has 4 aliphatic rings. The van der Waals surface area contributed by atoms with Gasteiger partial charge >= 0.3 is 0 Å². The zero-order valence-corrected chi connectivity index (χ0v) is 19.8. The van der Waals surface area contributed by atoms with Gasteiger partial charge in [0.2, 0.25) is 0 Å². The summed E-state index contributed by atoms with van der Waals surface area (Å²) in [6.07, 6.45) is 13.2. The average molecular weight is 417 g/mol. The second-order valence-corrected chi connectivity index (χ2v) is 12.1. The lowest BCUT2D eigenvalue weighted by molar-refractivity contribution is -0.210. The van der Waals surface area contributed by atoms with Crippen molar-refractivity contribution < 1.29 is 15.3 Å². The summed E-state index contributed by atoms with van der Waals surface area (Å²) in [6, 6.07) is 0. The monoisotopic (exact) mass is 416 g/mol. The first-order valence-corrected chi connectivity index (χ1v) is 12.5. The van der Waals surface area contributed by atoms with E-state index in [1.54, 1.807) is 0 Å². The van der Waals surface area contributed by atoms with Crippen molar-refractivity contribution in [2.24, 2.45) is 40.4 Å². The maximum absolute atomic E-state index is 11.6. The Morgan fingerprint density at radius 1 is 1.03 bits per heavy atom. The van der Waals surface area contributed by atoms with Crippen molar-refractivity contribution in [2.45, 2.75) is 104 Å². The van der Waals surface area contributed by atoms with Gasteiger partial charge < -0.3 is 15.3 Å². The first-order valence-electron chi connectivity index (χ1n) is 12.5. The van der Waals surface area contributed by atoms with E-state index in [1.807, 2.05) is 6.08 Å². The van der Waals surface area contributed by atoms with Crippen LogP contribution in [0.4, 0.5) is 0 Å². The highest BCUT2D eigenvalue weighted by molar-refractivity contribution is 5.33. The summed E-state index contributed by atoms with van der Waals surface area (Å²) >= 11 is 0. The molecule has 0 aromatic carbocycles. The lowest BCUT2D eigenvalue weighted by atomic mass is 9.45. The number of hydrogen-bond donors (Lipinski definition) is 3. The van der Waals surface area contributed by atoms with Crippen LogP contribution < -0.4 is 0 Å². The SMILES string of the molecule is CC(C)C/C=C/[C@@H](C)[C@H]1CCC2C3=C[C@@H](O)[C@@]4(O)C[C@@H](O)CC[C@]4(C)C3CC[C@@]21C. The summed E-state index contributed by atoms with van der Waals surface area (Å²) in [7, 11) is 0. The first kappa shape index (κ1) is 22.6. The van der Waals surface area contributed by atoms with E-state index in [2.05, 4.69) is 46.8 Å². The molecule has 0 radical (unpaired) electrons. The summed E-state index contributed by atoms with van der Waals surface area (Å²) in [5, 5.41) is 32.9. The third kappa shape index (κ3) is 3.26. The molecule has 3 nitrogen and oxygen atoms in total. The van der Waals surface area contributed by atoms with Crippen molar-refractivity contribution in [3.63, 3.8) is 0 Å². The average Bonchev–Trinajstić information content (AvgIpc) is 3.01. The molecule has 0 aromatic rings. The van der Waals surface area contributed by atoms with E-state index >= 15 is 0 Å². The number of allylic oxidation sites excluding steroid dienone is 3. The molecule has 0 saturated heterocycles. The van der Waals surface area contributed by atoms with Gasteiger partial charge in [-0.15, -0.1) is 0 Å². The van der Waals surface area contributed by atoms with Crippen molar-refractivity contribution in [1.29, 1.82) is 0 Å². The standard InChI is InChI=1S/C27H44O3/c1-17(2)7-6-8-18(3)21-9-10-22-20-15-24(29)27(30)16-19(28)11-14-26(27,5)23(20)12-13-25(21,22)4/h6,8,15,17-19,21-24,28-30H,7,9-14,16H2,1-5H3/b8-6+/t18-,19+,21-,22?,23?,24-,25-,26-,27+/m1/s1. The second kappa shape index (κ2) is 7.74. The fourth-order valence-electron chi connectivity index (χ4n) is 8.15. The highest BCUT2D eigenvalue weighted by Crippen LogP contribution is 2.67. The molecule has 4 rings (SSSR count). The van der Waals surface area contributed by atoms with Crippen LogP contribution in [0.5, 0.6) is 0 Å². The van der Waals surface area contributed by atoms with E-state index < -0.39 is 17.8 Å². The molecular formula is C27H44O3. The van der Waals surface area contributed by atoms with Gasteiger partial charge in [-0.25, -0.2) is 0 Å². The van der Waals surface area contributed by atoms with Crippen LogP contribution in [0.1, 0.15) is 86.0 Å². The van der Waals surface area contributed by atoms with Crippen LogP contribution in [-0.4, -0.2) is 33.1 Å². The summed E-state index contributed by atoms with van der Waals surface area (Å²) in [4.78, 5) is 0. The molecule has 30 heavy (non-hydrogen) atoms. The van der Waals surface area contributed by atoms with E-state index in [0.717, 1.165) is 25.7 Å². The molecule has 0 bridgehead atoms. The molecule has 0 aliphatic heterocycles. The van der Waals surface area contributed by atoms with E-state index in [9.17, 15) is 15.3 Å². The molecule has 3 saturated carbocycles. The zero-order chi connectivity index (χ0) is 21.9. The zero-order valence-electron chi connectivity index (χ0n) is 19.8. The predicted octanol–water partition coefficient (Wildman–Crippen LogP) is 5.25. The largest absolute Gasteiger partial charge is 0.393 e. The van der Waals surface area contributed by atoms with Crippen molar-refractivity contribution in [1.82, 2.24) is 0 Å². The topological polar surface area (TPSA) is 60.7 Å². The minimum atomic E-state index is -1.20. The summed E-state index contributed by atoms with van der Waals surface area (Å²) in [6.45, 7) is 11.6. The number of aliphatic hydroxyl groups excluding tert-OH is 2. The van der Waals surface area contributed by atoms with E-state index in [4.69, 9.17) is 0 Å². The maximum Gasteiger partial charge on any atom is 0.102 e. The van der Waals surface area contributed by atoms with Gasteiger partial charge in [-0.2, -0.15) is 0 Å². The molecule has 0 spiro atoms. The fraction of sp³-hybridized carbons (Fsp3) is 0.852. The highest BCUT2D eigenvalue weighted by atomic mass is 16.3. The molecule has 0 aromatic heterocycles. The van der Waals surface area contributed by atoms with Gasteiger partial charge in [0.25, 0.3) is 0 Å². The Morgan fingerprint density at radius 3 is 2.47 bits per heavy atom. The van der Waals surface area contributed by atoms with Crippen LogP contribution in [0, 0.1) is 40.4 Å². The normalized spacial score (nSPS) is 49.5. The van der Waals surface area contributed by atoms with Gasteiger partial charge in [0.05, 0.1) is 6.10 Å². The minimum Gasteiger partial charge on any atom is -0.393 e. The smallest absolute Gasteiger partial charge is 0.102 e. The third-order valence-electron chi connectivity index (χ3n) is 10.0. The van der Waals surface area contributed by atoms with Crippen LogP contribution in [0.25, 0.3) is 0 Å². The van der Waals surface area contributed by atoms with Crippen LogP contribution in [-0.2, 0) is 0 Å². The molecule has 0 heterocycles. The van der Waals surface area contributed by atoms with Crippen molar-refractivity contribution in [3.8, 4) is 0 Å². The summed E-state index contributed by atoms with van der Waals surface area (Å²) in [5.41, 5.74) is 0.180. The number of rotatable bonds is 4. The molecule has 0 amide bonds. The van der Waals surface area contributed by atoms with Gasteiger partial charge in [-0.1, -0.05) is 58.4 Å². The van der Waals surface area contributed by atoms with E-state index in [1.165, 1.54) is 24.8 Å². The molecule has 3 N–H and O–H groups in total.